The van der Waals surface area contributed by atoms with Crippen molar-refractivity contribution in [1.82, 2.24) is 0 Å². The van der Waals surface area contributed by atoms with Crippen LogP contribution in [-0.2, 0) is 5.41 Å². The standard InChI is InChI=1S/C57H39NOS/c1-57(2)50-20-8-6-15-49(50)53-51(57)35-34-47-46-18-10-16-43(54(46)59-55(47)53)38-24-30-41(31-25-38)58(40-28-22-37(23-29-40)36-12-4-3-5-13-36)42-32-26-39(27-33-42)44-17-11-19-48-45-14-7-9-21-52(45)60-56(44)48/h3-35H,1-2H3. The Balaban J connectivity index is 0.950. The van der Waals surface area contributed by atoms with E-state index in [1.807, 2.05) is 11.3 Å². The van der Waals surface area contributed by atoms with Crippen molar-refractivity contribution in [2.45, 2.75) is 19.3 Å². The summed E-state index contributed by atoms with van der Waals surface area (Å²) in [6.45, 7) is 4.64. The summed E-state index contributed by atoms with van der Waals surface area (Å²) in [6.07, 6.45) is 0. The van der Waals surface area contributed by atoms with Gasteiger partial charge in [0.25, 0.3) is 0 Å². The number of furan rings is 1. The molecule has 2 nitrogen and oxygen atoms in total. The minimum Gasteiger partial charge on any atom is -0.455 e. The lowest BCUT2D eigenvalue weighted by Gasteiger charge is -2.26. The van der Waals surface area contributed by atoms with Crippen LogP contribution >= 0.6 is 11.3 Å². The zero-order chi connectivity index (χ0) is 40.0. The molecule has 0 fully saturated rings. The summed E-state index contributed by atoms with van der Waals surface area (Å²) >= 11 is 1.87. The maximum absolute atomic E-state index is 6.98. The summed E-state index contributed by atoms with van der Waals surface area (Å²) in [7, 11) is 0. The van der Waals surface area contributed by atoms with Gasteiger partial charge in [-0.05, 0) is 87.0 Å². The van der Waals surface area contributed by atoms with Crippen molar-refractivity contribution in [1.29, 1.82) is 0 Å². The maximum atomic E-state index is 6.98. The summed E-state index contributed by atoms with van der Waals surface area (Å²) < 4.78 is 9.62. The molecular formula is C57H39NOS. The van der Waals surface area contributed by atoms with Crippen LogP contribution in [-0.4, -0.2) is 0 Å². The predicted molar refractivity (Wildman–Crippen MR) is 255 cm³/mol. The molecule has 0 amide bonds. The largest absolute Gasteiger partial charge is 0.455 e. The van der Waals surface area contributed by atoms with Crippen LogP contribution in [0.1, 0.15) is 25.0 Å². The molecule has 0 radical (unpaired) electrons. The van der Waals surface area contributed by atoms with E-state index in [4.69, 9.17) is 4.42 Å². The first-order valence-corrected chi connectivity index (χ1v) is 21.5. The van der Waals surface area contributed by atoms with E-state index in [0.717, 1.165) is 50.1 Å². The third-order valence-corrected chi connectivity index (χ3v) is 13.9. The predicted octanol–water partition coefficient (Wildman–Crippen LogP) is 16.7. The Labute approximate surface area is 353 Å². The molecule has 12 rings (SSSR count). The SMILES string of the molecule is CC1(C)c2ccccc2-c2c1ccc1c2oc2c(-c3ccc(N(c4ccc(-c5ccccc5)cc4)c4ccc(-c5cccc6c5sc5ccccc56)cc4)cc3)cccc21. The molecule has 0 N–H and O–H groups in total. The van der Waals surface area contributed by atoms with Gasteiger partial charge in [0, 0.05) is 64.5 Å². The second kappa shape index (κ2) is 13.4. The van der Waals surface area contributed by atoms with Crippen molar-refractivity contribution >= 4 is 70.5 Å². The maximum Gasteiger partial charge on any atom is 0.143 e. The van der Waals surface area contributed by atoms with Crippen LogP contribution in [0.5, 0.6) is 0 Å². The minimum absolute atomic E-state index is 0.0843. The number of hydrogen-bond donors (Lipinski definition) is 0. The third kappa shape index (κ3) is 5.33. The highest BCUT2D eigenvalue weighted by Crippen LogP contribution is 2.53. The molecule has 0 unspecified atom stereocenters. The lowest BCUT2D eigenvalue weighted by atomic mass is 9.82. The van der Waals surface area contributed by atoms with Gasteiger partial charge < -0.3 is 9.32 Å². The van der Waals surface area contributed by atoms with Crippen molar-refractivity contribution in [2.75, 3.05) is 4.90 Å². The highest BCUT2D eigenvalue weighted by molar-refractivity contribution is 7.26. The van der Waals surface area contributed by atoms with Gasteiger partial charge in [0.05, 0.1) is 0 Å². The van der Waals surface area contributed by atoms with Crippen molar-refractivity contribution in [3.05, 3.63) is 211 Å². The van der Waals surface area contributed by atoms with E-state index in [1.165, 1.54) is 64.7 Å². The van der Waals surface area contributed by atoms with E-state index in [1.54, 1.807) is 0 Å². The van der Waals surface area contributed by atoms with Gasteiger partial charge in [0.1, 0.15) is 11.2 Å². The van der Waals surface area contributed by atoms with Crippen LogP contribution in [0.25, 0.3) is 86.6 Å². The van der Waals surface area contributed by atoms with Crippen LogP contribution in [0, 0.1) is 0 Å². The zero-order valence-corrected chi connectivity index (χ0v) is 34.1. The van der Waals surface area contributed by atoms with Crippen molar-refractivity contribution in [3.63, 3.8) is 0 Å². The third-order valence-electron chi connectivity index (χ3n) is 12.7. The van der Waals surface area contributed by atoms with Gasteiger partial charge >= 0.3 is 0 Å². The number of fused-ring (bicyclic) bond motifs is 10. The molecule has 2 heterocycles. The summed E-state index contributed by atoms with van der Waals surface area (Å²) in [5.41, 5.74) is 17.3. The Morgan fingerprint density at radius 1 is 0.383 bits per heavy atom. The van der Waals surface area contributed by atoms with Crippen molar-refractivity contribution in [3.8, 4) is 44.5 Å². The Kier molecular flexibility index (Phi) is 7.79. The van der Waals surface area contributed by atoms with Gasteiger partial charge in [-0.15, -0.1) is 11.3 Å². The normalized spacial score (nSPS) is 13.0. The van der Waals surface area contributed by atoms with Crippen LogP contribution in [0.15, 0.2) is 205 Å². The van der Waals surface area contributed by atoms with Gasteiger partial charge in [0.2, 0.25) is 0 Å². The van der Waals surface area contributed by atoms with Crippen LogP contribution in [0.2, 0.25) is 0 Å². The number of hydrogen-bond acceptors (Lipinski definition) is 3. The number of anilines is 3. The molecule has 0 bridgehead atoms. The van der Waals surface area contributed by atoms with Gasteiger partial charge in [-0.2, -0.15) is 0 Å². The Morgan fingerprint density at radius 2 is 0.917 bits per heavy atom. The summed E-state index contributed by atoms with van der Waals surface area (Å²) in [5, 5.41) is 4.93. The average molecular weight is 786 g/mol. The average Bonchev–Trinajstić information content (AvgIpc) is 3.95. The molecular weight excluding hydrogens is 747 g/mol. The van der Waals surface area contributed by atoms with Crippen LogP contribution in [0.4, 0.5) is 17.1 Å². The number of rotatable bonds is 6. The number of nitrogens with zero attached hydrogens (tertiary/aromatic N) is 1. The van der Waals surface area contributed by atoms with E-state index in [-0.39, 0.29) is 5.41 Å². The topological polar surface area (TPSA) is 16.4 Å². The molecule has 1 aliphatic carbocycles. The lowest BCUT2D eigenvalue weighted by molar-refractivity contribution is 0.653. The Morgan fingerprint density at radius 3 is 1.65 bits per heavy atom. The van der Waals surface area contributed by atoms with E-state index >= 15 is 0 Å². The van der Waals surface area contributed by atoms with E-state index < -0.39 is 0 Å². The van der Waals surface area contributed by atoms with Crippen LogP contribution < -0.4 is 4.90 Å². The fourth-order valence-electron chi connectivity index (χ4n) is 9.70. The van der Waals surface area contributed by atoms with E-state index in [9.17, 15) is 0 Å². The summed E-state index contributed by atoms with van der Waals surface area (Å²) in [6, 6.07) is 72.8. The first kappa shape index (κ1) is 34.8. The molecule has 1 aliphatic rings. The molecule has 0 spiro atoms. The molecule has 11 aromatic rings. The Hall–Kier alpha value is -7.20. The second-order valence-corrected chi connectivity index (χ2v) is 17.5. The van der Waals surface area contributed by atoms with Crippen LogP contribution in [0.3, 0.4) is 0 Å². The fourth-order valence-corrected chi connectivity index (χ4v) is 10.9. The first-order chi connectivity index (χ1) is 29.5. The van der Waals surface area contributed by atoms with Crippen molar-refractivity contribution in [2.24, 2.45) is 0 Å². The van der Waals surface area contributed by atoms with E-state index in [0.29, 0.717) is 0 Å². The second-order valence-electron chi connectivity index (χ2n) is 16.4. The monoisotopic (exact) mass is 785 g/mol. The number of thiophene rings is 1. The highest BCUT2D eigenvalue weighted by Gasteiger charge is 2.37. The smallest absolute Gasteiger partial charge is 0.143 e. The lowest BCUT2D eigenvalue weighted by Crippen LogP contribution is -2.14. The molecule has 0 saturated carbocycles. The summed E-state index contributed by atoms with van der Waals surface area (Å²) in [4.78, 5) is 2.35. The highest BCUT2D eigenvalue weighted by atomic mass is 32.1. The van der Waals surface area contributed by atoms with Gasteiger partial charge in [-0.3, -0.25) is 0 Å². The van der Waals surface area contributed by atoms with E-state index in [2.05, 4.69) is 219 Å². The van der Waals surface area contributed by atoms with Gasteiger partial charge in [0.15, 0.2) is 0 Å². The minimum atomic E-state index is -0.0843. The Bertz CT molecular complexity index is 3430. The molecule has 0 atom stereocenters. The number of benzene rings is 9. The van der Waals surface area contributed by atoms with Gasteiger partial charge in [-0.1, -0.05) is 172 Å². The van der Waals surface area contributed by atoms with Crippen molar-refractivity contribution < 1.29 is 4.42 Å². The fraction of sp³-hybridized carbons (Fsp3) is 0.0526. The quantitative estimate of drug-likeness (QED) is 0.167. The molecule has 0 saturated heterocycles. The number of para-hydroxylation sites is 1. The molecule has 2 aromatic heterocycles. The summed E-state index contributed by atoms with van der Waals surface area (Å²) in [5.74, 6) is 0. The molecule has 3 heteroatoms. The molecule has 9 aromatic carbocycles. The zero-order valence-electron chi connectivity index (χ0n) is 33.3. The first-order valence-electron chi connectivity index (χ1n) is 20.7. The molecule has 284 valence electrons. The molecule has 0 aliphatic heterocycles. The van der Waals surface area contributed by atoms with Gasteiger partial charge in [-0.25, -0.2) is 0 Å². The molecule has 60 heavy (non-hydrogen) atoms.